The molecular weight excluding hydrogens is 224 g/mol. The molecule has 2 rings (SSSR count). The summed E-state index contributed by atoms with van der Waals surface area (Å²) >= 11 is 5.88. The van der Waals surface area contributed by atoms with Crippen molar-refractivity contribution >= 4 is 22.7 Å². The molecule has 0 aliphatic heterocycles. The van der Waals surface area contributed by atoms with Gasteiger partial charge in [0.1, 0.15) is 5.52 Å². The normalized spacial score (nSPS) is 13.2. The van der Waals surface area contributed by atoms with Gasteiger partial charge in [0.15, 0.2) is 11.5 Å². The quantitative estimate of drug-likeness (QED) is 0.891. The first-order valence-electron chi connectivity index (χ1n) is 5.44. The Morgan fingerprint density at radius 2 is 2.31 bits per heavy atom. The van der Waals surface area contributed by atoms with E-state index in [0.717, 1.165) is 29.8 Å². The fourth-order valence-electron chi connectivity index (χ4n) is 1.54. The number of benzene rings is 1. The Bertz CT molecular complexity index is 481. The molecule has 16 heavy (non-hydrogen) atoms. The topological polar surface area (TPSA) is 52.0 Å². The Hall–Kier alpha value is -1.06. The molecule has 1 aromatic carbocycles. The number of aryl methyl sites for hydroxylation is 1. The van der Waals surface area contributed by atoms with Crippen LogP contribution in [0.25, 0.3) is 11.1 Å². The SMILES string of the molecule is CC(CN)CCc1nc2cc(Cl)ccc2o1. The molecule has 0 saturated carbocycles. The van der Waals surface area contributed by atoms with Crippen LogP contribution in [0.2, 0.25) is 5.02 Å². The van der Waals surface area contributed by atoms with Crippen LogP contribution in [-0.2, 0) is 6.42 Å². The maximum Gasteiger partial charge on any atom is 0.195 e. The highest BCUT2D eigenvalue weighted by Crippen LogP contribution is 2.21. The van der Waals surface area contributed by atoms with Gasteiger partial charge in [-0.05, 0) is 37.1 Å². The third-order valence-electron chi connectivity index (χ3n) is 2.65. The van der Waals surface area contributed by atoms with Crippen molar-refractivity contribution in [1.82, 2.24) is 4.98 Å². The third kappa shape index (κ3) is 2.54. The summed E-state index contributed by atoms with van der Waals surface area (Å²) in [4.78, 5) is 4.39. The lowest BCUT2D eigenvalue weighted by Crippen LogP contribution is -2.11. The second-order valence-electron chi connectivity index (χ2n) is 4.10. The van der Waals surface area contributed by atoms with E-state index in [4.69, 9.17) is 21.8 Å². The van der Waals surface area contributed by atoms with Crippen LogP contribution in [0.3, 0.4) is 0 Å². The zero-order valence-corrected chi connectivity index (χ0v) is 10.00. The second kappa shape index (κ2) is 4.85. The van der Waals surface area contributed by atoms with E-state index in [1.807, 2.05) is 12.1 Å². The minimum Gasteiger partial charge on any atom is -0.441 e. The molecular formula is C12H15ClN2O. The Balaban J connectivity index is 2.13. The van der Waals surface area contributed by atoms with Crippen LogP contribution >= 0.6 is 11.6 Å². The summed E-state index contributed by atoms with van der Waals surface area (Å²) in [6.45, 7) is 2.82. The lowest BCUT2D eigenvalue weighted by molar-refractivity contribution is 0.471. The first-order valence-corrected chi connectivity index (χ1v) is 5.82. The summed E-state index contributed by atoms with van der Waals surface area (Å²) in [7, 11) is 0. The first-order chi connectivity index (χ1) is 7.69. The van der Waals surface area contributed by atoms with Gasteiger partial charge in [0, 0.05) is 11.4 Å². The van der Waals surface area contributed by atoms with E-state index in [2.05, 4.69) is 11.9 Å². The van der Waals surface area contributed by atoms with E-state index in [-0.39, 0.29) is 0 Å². The lowest BCUT2D eigenvalue weighted by atomic mass is 10.1. The summed E-state index contributed by atoms with van der Waals surface area (Å²) in [5, 5.41) is 0.683. The summed E-state index contributed by atoms with van der Waals surface area (Å²) < 4.78 is 5.61. The average molecular weight is 239 g/mol. The van der Waals surface area contributed by atoms with E-state index < -0.39 is 0 Å². The Morgan fingerprint density at radius 1 is 1.50 bits per heavy atom. The lowest BCUT2D eigenvalue weighted by Gasteiger charge is -2.04. The average Bonchev–Trinajstić information content (AvgIpc) is 2.67. The molecule has 0 radical (unpaired) electrons. The van der Waals surface area contributed by atoms with Gasteiger partial charge in [-0.1, -0.05) is 18.5 Å². The van der Waals surface area contributed by atoms with Crippen molar-refractivity contribution in [3.8, 4) is 0 Å². The van der Waals surface area contributed by atoms with Crippen molar-refractivity contribution in [2.75, 3.05) is 6.54 Å². The predicted octanol–water partition coefficient (Wildman–Crippen LogP) is 3.01. The molecule has 4 heteroatoms. The molecule has 0 saturated heterocycles. The van der Waals surface area contributed by atoms with Crippen molar-refractivity contribution in [2.45, 2.75) is 19.8 Å². The molecule has 86 valence electrons. The van der Waals surface area contributed by atoms with E-state index in [1.54, 1.807) is 6.07 Å². The van der Waals surface area contributed by atoms with Gasteiger partial charge in [-0.25, -0.2) is 4.98 Å². The molecule has 3 nitrogen and oxygen atoms in total. The predicted molar refractivity (Wildman–Crippen MR) is 65.6 cm³/mol. The van der Waals surface area contributed by atoms with Gasteiger partial charge in [0.05, 0.1) is 0 Å². The van der Waals surface area contributed by atoms with Gasteiger partial charge in [-0.3, -0.25) is 0 Å². The molecule has 0 fully saturated rings. The molecule has 2 aromatic rings. The highest BCUT2D eigenvalue weighted by atomic mass is 35.5. The largest absolute Gasteiger partial charge is 0.441 e. The van der Waals surface area contributed by atoms with Crippen LogP contribution in [0.15, 0.2) is 22.6 Å². The van der Waals surface area contributed by atoms with Crippen LogP contribution in [0.4, 0.5) is 0 Å². The minimum atomic E-state index is 0.499. The van der Waals surface area contributed by atoms with Gasteiger partial charge in [0.25, 0.3) is 0 Å². The van der Waals surface area contributed by atoms with Crippen LogP contribution in [-0.4, -0.2) is 11.5 Å². The molecule has 1 atom stereocenters. The number of hydrogen-bond donors (Lipinski definition) is 1. The molecule has 2 N–H and O–H groups in total. The number of hydrogen-bond acceptors (Lipinski definition) is 3. The van der Waals surface area contributed by atoms with Crippen LogP contribution in [0.1, 0.15) is 19.2 Å². The fraction of sp³-hybridized carbons (Fsp3) is 0.417. The molecule has 0 amide bonds. The summed E-state index contributed by atoms with van der Waals surface area (Å²) in [6.07, 6.45) is 1.82. The standard InChI is InChI=1S/C12H15ClN2O/c1-8(7-14)2-5-12-15-10-6-9(13)3-4-11(10)16-12/h3-4,6,8H,2,5,7,14H2,1H3. The Morgan fingerprint density at radius 3 is 3.06 bits per heavy atom. The number of nitrogens with zero attached hydrogens (tertiary/aromatic N) is 1. The number of nitrogens with two attached hydrogens (primary N) is 1. The van der Waals surface area contributed by atoms with Crippen molar-refractivity contribution in [2.24, 2.45) is 11.7 Å². The molecule has 0 spiro atoms. The second-order valence-corrected chi connectivity index (χ2v) is 4.54. The first kappa shape index (κ1) is 11.4. The van der Waals surface area contributed by atoms with Gasteiger partial charge >= 0.3 is 0 Å². The number of aromatic nitrogens is 1. The Labute approximate surface area is 99.6 Å². The van der Waals surface area contributed by atoms with Crippen molar-refractivity contribution in [3.05, 3.63) is 29.1 Å². The maximum atomic E-state index is 5.88. The van der Waals surface area contributed by atoms with E-state index >= 15 is 0 Å². The molecule has 1 heterocycles. The third-order valence-corrected chi connectivity index (χ3v) is 2.88. The van der Waals surface area contributed by atoms with Crippen molar-refractivity contribution in [3.63, 3.8) is 0 Å². The highest BCUT2D eigenvalue weighted by Gasteiger charge is 2.07. The van der Waals surface area contributed by atoms with Crippen LogP contribution < -0.4 is 5.73 Å². The molecule has 1 unspecified atom stereocenters. The molecule has 0 bridgehead atoms. The van der Waals surface area contributed by atoms with Gasteiger partial charge in [0.2, 0.25) is 0 Å². The summed E-state index contributed by atoms with van der Waals surface area (Å²) in [5.74, 6) is 1.26. The zero-order chi connectivity index (χ0) is 11.5. The highest BCUT2D eigenvalue weighted by molar-refractivity contribution is 6.31. The molecule has 0 aliphatic carbocycles. The van der Waals surface area contributed by atoms with E-state index in [0.29, 0.717) is 17.5 Å². The zero-order valence-electron chi connectivity index (χ0n) is 9.24. The van der Waals surface area contributed by atoms with Gasteiger partial charge in [-0.15, -0.1) is 0 Å². The van der Waals surface area contributed by atoms with E-state index in [1.165, 1.54) is 0 Å². The van der Waals surface area contributed by atoms with Crippen molar-refractivity contribution < 1.29 is 4.42 Å². The minimum absolute atomic E-state index is 0.499. The number of halogens is 1. The molecule has 0 aliphatic rings. The van der Waals surface area contributed by atoms with Crippen molar-refractivity contribution in [1.29, 1.82) is 0 Å². The summed E-state index contributed by atoms with van der Waals surface area (Å²) in [6, 6.07) is 5.47. The van der Waals surface area contributed by atoms with Gasteiger partial charge < -0.3 is 10.2 Å². The van der Waals surface area contributed by atoms with Crippen LogP contribution in [0.5, 0.6) is 0 Å². The smallest absolute Gasteiger partial charge is 0.195 e. The Kier molecular flexibility index (Phi) is 3.46. The maximum absolute atomic E-state index is 5.88. The van der Waals surface area contributed by atoms with Gasteiger partial charge in [-0.2, -0.15) is 0 Å². The van der Waals surface area contributed by atoms with Crippen LogP contribution in [0, 0.1) is 5.92 Å². The molecule has 1 aromatic heterocycles. The number of rotatable bonds is 4. The summed E-state index contributed by atoms with van der Waals surface area (Å²) in [5.41, 5.74) is 7.18. The van der Waals surface area contributed by atoms with E-state index in [9.17, 15) is 0 Å². The number of oxazole rings is 1. The number of fused-ring (bicyclic) bond motifs is 1. The fourth-order valence-corrected chi connectivity index (χ4v) is 1.71. The monoisotopic (exact) mass is 238 g/mol.